The summed E-state index contributed by atoms with van der Waals surface area (Å²) in [6, 6.07) is 12.0. The fourth-order valence-corrected chi connectivity index (χ4v) is 3.09. The van der Waals surface area contributed by atoms with Crippen molar-refractivity contribution in [1.29, 1.82) is 0 Å². The molecular formula is C22H30N6O. The molecule has 0 fully saturated rings. The fourth-order valence-electron chi connectivity index (χ4n) is 3.09. The van der Waals surface area contributed by atoms with Crippen molar-refractivity contribution in [2.45, 2.75) is 40.8 Å². The Hall–Kier alpha value is -3.09. The van der Waals surface area contributed by atoms with Crippen LogP contribution in [0.3, 0.4) is 0 Å². The first-order valence-electron chi connectivity index (χ1n) is 10.1. The van der Waals surface area contributed by atoms with Crippen molar-refractivity contribution in [3.05, 3.63) is 59.7 Å². The number of rotatable bonds is 8. The summed E-state index contributed by atoms with van der Waals surface area (Å²) in [7, 11) is 0. The molecule has 0 saturated heterocycles. The van der Waals surface area contributed by atoms with Crippen molar-refractivity contribution < 1.29 is 4.42 Å². The van der Waals surface area contributed by atoms with Crippen LogP contribution in [0, 0.1) is 19.8 Å². The van der Waals surface area contributed by atoms with Gasteiger partial charge in [0.1, 0.15) is 12.0 Å². The predicted octanol–water partition coefficient (Wildman–Crippen LogP) is 3.55. The molecule has 0 saturated carbocycles. The van der Waals surface area contributed by atoms with E-state index in [1.807, 2.05) is 37.3 Å². The number of nitrogens with one attached hydrogen (secondary N) is 2. The predicted molar refractivity (Wildman–Crippen MR) is 116 cm³/mol. The SMILES string of the molecule is CCNC(=NCc1coc(-c2ccccc2)n1)NCC(C)Cn1nc(C)cc1C. The standard InChI is InChI=1S/C22H30N6O/c1-5-23-22(24-12-16(2)14-28-18(4)11-17(3)27-28)25-13-20-15-29-21(26-20)19-9-7-6-8-10-19/h6-11,15-16H,5,12-14H2,1-4H3,(H2,23,24,25). The molecule has 1 atom stereocenters. The molecular weight excluding hydrogens is 364 g/mol. The van der Waals surface area contributed by atoms with Gasteiger partial charge in [0, 0.05) is 30.9 Å². The molecule has 1 unspecified atom stereocenters. The summed E-state index contributed by atoms with van der Waals surface area (Å²) in [6.07, 6.45) is 1.67. The van der Waals surface area contributed by atoms with Crippen LogP contribution in [0.4, 0.5) is 0 Å². The van der Waals surface area contributed by atoms with Gasteiger partial charge in [0.25, 0.3) is 0 Å². The highest BCUT2D eigenvalue weighted by atomic mass is 16.3. The summed E-state index contributed by atoms with van der Waals surface area (Å²) in [4.78, 5) is 9.18. The Morgan fingerprint density at radius 3 is 2.69 bits per heavy atom. The van der Waals surface area contributed by atoms with E-state index < -0.39 is 0 Å². The minimum Gasteiger partial charge on any atom is -0.444 e. The lowest BCUT2D eigenvalue weighted by Crippen LogP contribution is -2.40. The number of aryl methyl sites for hydroxylation is 2. The zero-order chi connectivity index (χ0) is 20.6. The first-order valence-corrected chi connectivity index (χ1v) is 10.1. The number of benzene rings is 1. The first-order chi connectivity index (χ1) is 14.0. The summed E-state index contributed by atoms with van der Waals surface area (Å²) >= 11 is 0. The number of hydrogen-bond donors (Lipinski definition) is 2. The maximum atomic E-state index is 5.59. The molecule has 1 aromatic carbocycles. The van der Waals surface area contributed by atoms with Gasteiger partial charge in [0.15, 0.2) is 5.96 Å². The normalized spacial score (nSPS) is 12.8. The number of nitrogens with zero attached hydrogens (tertiary/aromatic N) is 4. The molecule has 3 rings (SSSR count). The van der Waals surface area contributed by atoms with Crippen LogP contribution in [0.1, 0.15) is 30.9 Å². The lowest BCUT2D eigenvalue weighted by Gasteiger charge is -2.16. The zero-order valence-electron chi connectivity index (χ0n) is 17.6. The van der Waals surface area contributed by atoms with Crippen molar-refractivity contribution >= 4 is 5.96 Å². The molecule has 2 aromatic heterocycles. The fraction of sp³-hybridized carbons (Fsp3) is 0.409. The van der Waals surface area contributed by atoms with Gasteiger partial charge in [-0.15, -0.1) is 0 Å². The van der Waals surface area contributed by atoms with Gasteiger partial charge in [-0.2, -0.15) is 5.10 Å². The minimum atomic E-state index is 0.411. The van der Waals surface area contributed by atoms with Crippen LogP contribution in [0.15, 0.2) is 52.1 Å². The van der Waals surface area contributed by atoms with Gasteiger partial charge >= 0.3 is 0 Å². The Bertz CT molecular complexity index is 928. The van der Waals surface area contributed by atoms with Crippen LogP contribution in [0.2, 0.25) is 0 Å². The van der Waals surface area contributed by atoms with Gasteiger partial charge in [-0.05, 0) is 44.9 Å². The average Bonchev–Trinajstić information content (AvgIpc) is 3.31. The molecule has 2 N–H and O–H groups in total. The van der Waals surface area contributed by atoms with E-state index in [9.17, 15) is 0 Å². The van der Waals surface area contributed by atoms with Crippen molar-refractivity contribution in [2.75, 3.05) is 13.1 Å². The lowest BCUT2D eigenvalue weighted by atomic mass is 10.2. The van der Waals surface area contributed by atoms with Gasteiger partial charge in [-0.1, -0.05) is 25.1 Å². The maximum Gasteiger partial charge on any atom is 0.226 e. The van der Waals surface area contributed by atoms with E-state index in [0.717, 1.165) is 42.5 Å². The number of aliphatic imine (C=N–C) groups is 1. The van der Waals surface area contributed by atoms with Crippen LogP contribution < -0.4 is 10.6 Å². The number of guanidine groups is 1. The molecule has 0 bridgehead atoms. The highest BCUT2D eigenvalue weighted by Crippen LogP contribution is 2.18. The zero-order valence-corrected chi connectivity index (χ0v) is 17.6. The van der Waals surface area contributed by atoms with E-state index in [2.05, 4.69) is 57.2 Å². The maximum absolute atomic E-state index is 5.59. The second kappa shape index (κ2) is 9.91. The smallest absolute Gasteiger partial charge is 0.226 e. The highest BCUT2D eigenvalue weighted by Gasteiger charge is 2.09. The van der Waals surface area contributed by atoms with Crippen LogP contribution in [-0.2, 0) is 13.1 Å². The molecule has 7 heteroatoms. The summed E-state index contributed by atoms with van der Waals surface area (Å²) in [5, 5.41) is 11.2. The minimum absolute atomic E-state index is 0.411. The lowest BCUT2D eigenvalue weighted by molar-refractivity contribution is 0.436. The van der Waals surface area contributed by atoms with E-state index in [0.29, 0.717) is 18.4 Å². The topological polar surface area (TPSA) is 80.3 Å². The molecule has 3 aromatic rings. The number of hydrogen-bond acceptors (Lipinski definition) is 4. The van der Waals surface area contributed by atoms with Crippen molar-refractivity contribution in [2.24, 2.45) is 10.9 Å². The number of oxazole rings is 1. The van der Waals surface area contributed by atoms with E-state index in [-0.39, 0.29) is 0 Å². The van der Waals surface area contributed by atoms with Gasteiger partial charge in [-0.25, -0.2) is 9.98 Å². The van der Waals surface area contributed by atoms with E-state index >= 15 is 0 Å². The molecule has 7 nitrogen and oxygen atoms in total. The van der Waals surface area contributed by atoms with E-state index in [4.69, 9.17) is 4.42 Å². The summed E-state index contributed by atoms with van der Waals surface area (Å²) in [5.41, 5.74) is 4.01. The van der Waals surface area contributed by atoms with Crippen LogP contribution in [0.25, 0.3) is 11.5 Å². The molecule has 0 amide bonds. The Morgan fingerprint density at radius 2 is 2.00 bits per heavy atom. The van der Waals surface area contributed by atoms with E-state index in [1.54, 1.807) is 6.26 Å². The molecule has 0 aliphatic rings. The molecule has 0 spiro atoms. The molecule has 0 radical (unpaired) electrons. The molecule has 0 aliphatic carbocycles. The second-order valence-corrected chi connectivity index (χ2v) is 7.30. The summed E-state index contributed by atoms with van der Waals surface area (Å²) in [5.74, 6) is 1.80. The van der Waals surface area contributed by atoms with Crippen LogP contribution in [-0.4, -0.2) is 33.8 Å². The van der Waals surface area contributed by atoms with Gasteiger partial charge in [0.2, 0.25) is 5.89 Å². The van der Waals surface area contributed by atoms with Gasteiger partial charge < -0.3 is 15.1 Å². The van der Waals surface area contributed by atoms with Gasteiger partial charge in [0.05, 0.1) is 12.2 Å². The van der Waals surface area contributed by atoms with Crippen molar-refractivity contribution in [3.63, 3.8) is 0 Å². The molecule has 2 heterocycles. The quantitative estimate of drug-likeness (QED) is 0.451. The molecule has 29 heavy (non-hydrogen) atoms. The largest absolute Gasteiger partial charge is 0.444 e. The third-order valence-electron chi connectivity index (χ3n) is 4.52. The second-order valence-electron chi connectivity index (χ2n) is 7.30. The highest BCUT2D eigenvalue weighted by molar-refractivity contribution is 5.79. The van der Waals surface area contributed by atoms with Gasteiger partial charge in [-0.3, -0.25) is 4.68 Å². The summed E-state index contributed by atoms with van der Waals surface area (Å²) in [6.45, 7) is 11.3. The first kappa shape index (κ1) is 20.6. The third-order valence-corrected chi connectivity index (χ3v) is 4.52. The monoisotopic (exact) mass is 394 g/mol. The van der Waals surface area contributed by atoms with Crippen molar-refractivity contribution in [1.82, 2.24) is 25.4 Å². The molecule has 154 valence electrons. The number of aromatic nitrogens is 3. The third kappa shape index (κ3) is 5.94. The Kier molecular flexibility index (Phi) is 7.05. The Labute approximate surface area is 172 Å². The Morgan fingerprint density at radius 1 is 1.21 bits per heavy atom. The summed E-state index contributed by atoms with van der Waals surface area (Å²) < 4.78 is 7.65. The van der Waals surface area contributed by atoms with E-state index in [1.165, 1.54) is 5.69 Å². The van der Waals surface area contributed by atoms with Crippen LogP contribution >= 0.6 is 0 Å². The molecule has 0 aliphatic heterocycles. The Balaban J connectivity index is 1.55. The van der Waals surface area contributed by atoms with Crippen LogP contribution in [0.5, 0.6) is 0 Å². The van der Waals surface area contributed by atoms with Crippen molar-refractivity contribution in [3.8, 4) is 11.5 Å². The average molecular weight is 395 g/mol.